The molecular formula is C12H14N2O. The molecule has 0 unspecified atom stereocenters. The van der Waals surface area contributed by atoms with Gasteiger partial charge in [-0.05, 0) is 13.0 Å². The van der Waals surface area contributed by atoms with Crippen molar-refractivity contribution in [3.63, 3.8) is 0 Å². The number of benzene rings is 1. The quantitative estimate of drug-likeness (QED) is 0.772. The van der Waals surface area contributed by atoms with Gasteiger partial charge in [-0.1, -0.05) is 25.1 Å². The monoisotopic (exact) mass is 202 g/mol. The molecule has 2 rings (SSSR count). The van der Waals surface area contributed by atoms with E-state index in [1.54, 1.807) is 0 Å². The molecule has 78 valence electrons. The summed E-state index contributed by atoms with van der Waals surface area (Å²) in [5, 5.41) is 3.98. The summed E-state index contributed by atoms with van der Waals surface area (Å²) in [6.07, 6.45) is 0.499. The van der Waals surface area contributed by atoms with Gasteiger partial charge in [-0.3, -0.25) is 4.79 Å². The van der Waals surface area contributed by atoms with Gasteiger partial charge in [0, 0.05) is 23.0 Å². The average Bonchev–Trinajstić information content (AvgIpc) is 2.55. The van der Waals surface area contributed by atoms with Crippen molar-refractivity contribution < 1.29 is 4.79 Å². The van der Waals surface area contributed by atoms with Crippen molar-refractivity contribution in [2.45, 2.75) is 20.3 Å². The summed E-state index contributed by atoms with van der Waals surface area (Å²) in [5.74, 6) is 0.0443. The number of anilines is 1. The Morgan fingerprint density at radius 2 is 2.13 bits per heavy atom. The summed E-state index contributed by atoms with van der Waals surface area (Å²) in [7, 11) is 0. The van der Waals surface area contributed by atoms with Gasteiger partial charge in [0.2, 0.25) is 5.91 Å². The third kappa shape index (κ3) is 1.73. The van der Waals surface area contributed by atoms with Crippen LogP contribution in [0, 0.1) is 6.92 Å². The number of nitrogens with one attached hydrogen (secondary N) is 2. The third-order valence-corrected chi connectivity index (χ3v) is 2.48. The van der Waals surface area contributed by atoms with Gasteiger partial charge >= 0.3 is 0 Å². The predicted octanol–water partition coefficient (Wildman–Crippen LogP) is 2.82. The molecule has 1 amide bonds. The predicted molar refractivity (Wildman–Crippen MR) is 62.0 cm³/mol. The number of aromatic amines is 1. The first-order valence-electron chi connectivity index (χ1n) is 5.09. The van der Waals surface area contributed by atoms with Gasteiger partial charge in [0.25, 0.3) is 0 Å². The first-order valence-corrected chi connectivity index (χ1v) is 5.09. The van der Waals surface area contributed by atoms with Crippen LogP contribution < -0.4 is 5.32 Å². The maximum absolute atomic E-state index is 11.4. The molecule has 0 aliphatic carbocycles. The van der Waals surface area contributed by atoms with Crippen molar-refractivity contribution >= 4 is 22.5 Å². The van der Waals surface area contributed by atoms with E-state index < -0.39 is 0 Å². The maximum atomic E-state index is 11.4. The highest BCUT2D eigenvalue weighted by molar-refractivity contribution is 6.02. The third-order valence-electron chi connectivity index (χ3n) is 2.48. The molecule has 1 heterocycles. The molecule has 1 aromatic carbocycles. The van der Waals surface area contributed by atoms with E-state index in [9.17, 15) is 4.79 Å². The molecule has 0 fully saturated rings. The lowest BCUT2D eigenvalue weighted by Gasteiger charge is -2.02. The Morgan fingerprint density at radius 3 is 2.87 bits per heavy atom. The number of aryl methyl sites for hydroxylation is 1. The number of aromatic nitrogens is 1. The van der Waals surface area contributed by atoms with Gasteiger partial charge in [-0.15, -0.1) is 0 Å². The zero-order valence-electron chi connectivity index (χ0n) is 8.92. The molecule has 0 aliphatic rings. The Morgan fingerprint density at radius 1 is 1.40 bits per heavy atom. The maximum Gasteiger partial charge on any atom is 0.224 e. The fourth-order valence-corrected chi connectivity index (χ4v) is 1.67. The van der Waals surface area contributed by atoms with Gasteiger partial charge in [-0.2, -0.15) is 0 Å². The van der Waals surface area contributed by atoms with E-state index in [4.69, 9.17) is 0 Å². The number of hydrogen-bond donors (Lipinski definition) is 2. The van der Waals surface area contributed by atoms with Crippen LogP contribution in [0.15, 0.2) is 24.3 Å². The molecule has 1 aromatic heterocycles. The van der Waals surface area contributed by atoms with Crippen LogP contribution in [0.5, 0.6) is 0 Å². The van der Waals surface area contributed by atoms with Gasteiger partial charge in [-0.25, -0.2) is 0 Å². The topological polar surface area (TPSA) is 44.9 Å². The molecule has 2 N–H and O–H groups in total. The minimum Gasteiger partial charge on any atom is -0.357 e. The van der Waals surface area contributed by atoms with Crippen LogP contribution >= 0.6 is 0 Å². The van der Waals surface area contributed by atoms with E-state index in [0.29, 0.717) is 6.42 Å². The number of amides is 1. The number of rotatable bonds is 2. The standard InChI is InChI=1S/C12H14N2O/c1-3-11(15)14-12-8(2)13-10-7-5-4-6-9(10)12/h4-7,13H,3H2,1-2H3,(H,14,15). The summed E-state index contributed by atoms with van der Waals surface area (Å²) in [6, 6.07) is 7.95. The van der Waals surface area contributed by atoms with Crippen LogP contribution in [0.25, 0.3) is 10.9 Å². The zero-order valence-corrected chi connectivity index (χ0v) is 8.92. The molecule has 15 heavy (non-hydrogen) atoms. The zero-order chi connectivity index (χ0) is 10.8. The van der Waals surface area contributed by atoms with Gasteiger partial charge in [0.15, 0.2) is 0 Å². The fourth-order valence-electron chi connectivity index (χ4n) is 1.67. The van der Waals surface area contributed by atoms with Gasteiger partial charge in [0.1, 0.15) is 0 Å². The molecule has 0 saturated heterocycles. The van der Waals surface area contributed by atoms with E-state index in [-0.39, 0.29) is 5.91 Å². The summed E-state index contributed by atoms with van der Waals surface area (Å²) >= 11 is 0. The summed E-state index contributed by atoms with van der Waals surface area (Å²) in [5.41, 5.74) is 2.96. The number of carbonyl (C=O) groups is 1. The van der Waals surface area contributed by atoms with Crippen molar-refractivity contribution in [3.05, 3.63) is 30.0 Å². The number of H-pyrrole nitrogens is 1. The number of hydrogen-bond acceptors (Lipinski definition) is 1. The van der Waals surface area contributed by atoms with Crippen LogP contribution in [0.1, 0.15) is 19.0 Å². The van der Waals surface area contributed by atoms with Crippen molar-refractivity contribution in [2.75, 3.05) is 5.32 Å². The fraction of sp³-hybridized carbons (Fsp3) is 0.250. The second-order valence-electron chi connectivity index (χ2n) is 3.57. The first kappa shape index (κ1) is 9.77. The first-order chi connectivity index (χ1) is 7.22. The highest BCUT2D eigenvalue weighted by atomic mass is 16.1. The molecule has 0 bridgehead atoms. The molecule has 3 nitrogen and oxygen atoms in total. The lowest BCUT2D eigenvalue weighted by molar-refractivity contribution is -0.115. The SMILES string of the molecule is CCC(=O)Nc1c(C)[nH]c2ccccc12. The van der Waals surface area contributed by atoms with Crippen LogP contribution in [-0.4, -0.2) is 10.9 Å². The van der Waals surface area contributed by atoms with E-state index in [1.807, 2.05) is 38.1 Å². The minimum absolute atomic E-state index is 0.0443. The van der Waals surface area contributed by atoms with E-state index in [0.717, 1.165) is 22.3 Å². The lowest BCUT2D eigenvalue weighted by Crippen LogP contribution is -2.09. The number of para-hydroxylation sites is 1. The van der Waals surface area contributed by atoms with Crippen molar-refractivity contribution in [1.29, 1.82) is 0 Å². The van der Waals surface area contributed by atoms with Crippen molar-refractivity contribution in [1.82, 2.24) is 4.98 Å². The molecule has 2 aromatic rings. The number of fused-ring (bicyclic) bond motifs is 1. The Bertz CT molecular complexity index is 499. The van der Waals surface area contributed by atoms with Gasteiger partial charge < -0.3 is 10.3 Å². The Balaban J connectivity index is 2.49. The highest BCUT2D eigenvalue weighted by Gasteiger charge is 2.09. The minimum atomic E-state index is 0.0443. The molecule has 0 atom stereocenters. The summed E-state index contributed by atoms with van der Waals surface area (Å²) in [6.45, 7) is 3.81. The summed E-state index contributed by atoms with van der Waals surface area (Å²) in [4.78, 5) is 14.6. The molecular weight excluding hydrogens is 188 g/mol. The van der Waals surface area contributed by atoms with Crippen LogP contribution in [0.2, 0.25) is 0 Å². The van der Waals surface area contributed by atoms with E-state index >= 15 is 0 Å². The van der Waals surface area contributed by atoms with E-state index in [2.05, 4.69) is 10.3 Å². The smallest absolute Gasteiger partial charge is 0.224 e. The Labute approximate surface area is 88.5 Å². The highest BCUT2D eigenvalue weighted by Crippen LogP contribution is 2.26. The lowest BCUT2D eigenvalue weighted by atomic mass is 10.2. The van der Waals surface area contributed by atoms with Crippen molar-refractivity contribution in [2.24, 2.45) is 0 Å². The molecule has 3 heteroatoms. The molecule has 0 spiro atoms. The second-order valence-corrected chi connectivity index (χ2v) is 3.57. The summed E-state index contributed by atoms with van der Waals surface area (Å²) < 4.78 is 0. The normalized spacial score (nSPS) is 10.5. The van der Waals surface area contributed by atoms with Gasteiger partial charge in [0.05, 0.1) is 5.69 Å². The van der Waals surface area contributed by atoms with Crippen molar-refractivity contribution in [3.8, 4) is 0 Å². The van der Waals surface area contributed by atoms with E-state index in [1.165, 1.54) is 0 Å². The van der Waals surface area contributed by atoms with Crippen LogP contribution in [0.3, 0.4) is 0 Å². The Kier molecular flexibility index (Phi) is 2.46. The largest absolute Gasteiger partial charge is 0.357 e. The van der Waals surface area contributed by atoms with Crippen LogP contribution in [-0.2, 0) is 4.79 Å². The molecule has 0 aliphatic heterocycles. The molecule has 0 saturated carbocycles. The second kappa shape index (κ2) is 3.77. The number of carbonyl (C=O) groups excluding carboxylic acids is 1. The van der Waals surface area contributed by atoms with Crippen LogP contribution in [0.4, 0.5) is 5.69 Å². The average molecular weight is 202 g/mol. The molecule has 0 radical (unpaired) electrons. The Hall–Kier alpha value is -1.77.